The molecule has 0 spiro atoms. The van der Waals surface area contributed by atoms with E-state index in [4.69, 9.17) is 18.9 Å². The number of ketones is 1. The van der Waals surface area contributed by atoms with E-state index in [1.807, 2.05) is 25.1 Å². The summed E-state index contributed by atoms with van der Waals surface area (Å²) in [7, 11) is 0. The molecule has 7 nitrogen and oxygen atoms in total. The van der Waals surface area contributed by atoms with Crippen molar-refractivity contribution in [2.75, 3.05) is 20.0 Å². The predicted octanol–water partition coefficient (Wildman–Crippen LogP) is 3.74. The second kappa shape index (κ2) is 7.96. The van der Waals surface area contributed by atoms with E-state index < -0.39 is 11.9 Å². The Bertz CT molecular complexity index is 1030. The summed E-state index contributed by atoms with van der Waals surface area (Å²) in [6, 6.07) is 5.61. The average Bonchev–Trinajstić information content (AvgIpc) is 3.41. The molecule has 3 heterocycles. The fourth-order valence-corrected chi connectivity index (χ4v) is 5.15. The van der Waals surface area contributed by atoms with Gasteiger partial charge in [0.25, 0.3) is 0 Å². The summed E-state index contributed by atoms with van der Waals surface area (Å²) in [6.45, 7) is 7.14. The van der Waals surface area contributed by atoms with E-state index in [1.165, 1.54) is 0 Å². The number of carbonyl (C=O) groups is 2. The van der Waals surface area contributed by atoms with Gasteiger partial charge in [-0.2, -0.15) is 0 Å². The molecule has 1 N–H and O–H groups in total. The smallest absolute Gasteiger partial charge is 0.336 e. The highest BCUT2D eigenvalue weighted by Gasteiger charge is 2.43. The fourth-order valence-electron chi connectivity index (χ4n) is 5.15. The Hall–Kier alpha value is -2.80. The number of fused-ring (bicyclic) bond motifs is 1. The summed E-state index contributed by atoms with van der Waals surface area (Å²) in [5.74, 6) is 0.412. The lowest BCUT2D eigenvalue weighted by molar-refractivity contribution is -0.142. The molecule has 2 atom stereocenters. The Kier molecular flexibility index (Phi) is 5.24. The first-order chi connectivity index (χ1) is 15.3. The number of Topliss-reactive ketones (excluding diaryl/α,β-unsaturated/α-hetero) is 1. The SMILES string of the molecule is CC1=C(C(=O)OC[C@@H]2CCCO2)[C@H](c2ccc3c(c2)OCO3)C2=C(CC(C)(C)CC2=O)N1. The van der Waals surface area contributed by atoms with Gasteiger partial charge in [0.15, 0.2) is 17.3 Å². The Morgan fingerprint density at radius 3 is 2.81 bits per heavy atom. The molecule has 32 heavy (non-hydrogen) atoms. The minimum atomic E-state index is -0.513. The van der Waals surface area contributed by atoms with E-state index in [2.05, 4.69) is 19.2 Å². The lowest BCUT2D eigenvalue weighted by atomic mass is 9.68. The number of allylic oxidation sites excluding steroid dienone is 3. The van der Waals surface area contributed by atoms with Crippen molar-refractivity contribution in [3.8, 4) is 11.5 Å². The summed E-state index contributed by atoms with van der Waals surface area (Å²) in [4.78, 5) is 26.7. The molecule has 0 saturated carbocycles. The van der Waals surface area contributed by atoms with Crippen LogP contribution in [0.2, 0.25) is 0 Å². The maximum absolute atomic E-state index is 13.4. The molecule has 3 aliphatic heterocycles. The Morgan fingerprint density at radius 1 is 1.22 bits per heavy atom. The van der Waals surface area contributed by atoms with Gasteiger partial charge in [-0.3, -0.25) is 4.79 Å². The van der Waals surface area contributed by atoms with E-state index >= 15 is 0 Å². The number of hydrogen-bond acceptors (Lipinski definition) is 7. The van der Waals surface area contributed by atoms with Gasteiger partial charge in [0.05, 0.1) is 11.7 Å². The fraction of sp³-hybridized carbons (Fsp3) is 0.520. The highest BCUT2D eigenvalue weighted by Crippen LogP contribution is 2.48. The number of dihydropyridines is 1. The van der Waals surface area contributed by atoms with Gasteiger partial charge < -0.3 is 24.3 Å². The third-order valence-corrected chi connectivity index (χ3v) is 6.61. The molecule has 1 saturated heterocycles. The van der Waals surface area contributed by atoms with Gasteiger partial charge >= 0.3 is 5.97 Å². The van der Waals surface area contributed by atoms with Crippen LogP contribution < -0.4 is 14.8 Å². The molecule has 1 aromatic carbocycles. The third kappa shape index (κ3) is 3.79. The van der Waals surface area contributed by atoms with Crippen molar-refractivity contribution in [1.29, 1.82) is 0 Å². The first-order valence-electron chi connectivity index (χ1n) is 11.2. The highest BCUT2D eigenvalue weighted by atomic mass is 16.7. The van der Waals surface area contributed by atoms with E-state index in [-0.39, 0.29) is 30.7 Å². The largest absolute Gasteiger partial charge is 0.459 e. The number of hydrogen-bond donors (Lipinski definition) is 1. The average molecular weight is 440 g/mol. The third-order valence-electron chi connectivity index (χ3n) is 6.61. The van der Waals surface area contributed by atoms with Crippen molar-refractivity contribution >= 4 is 11.8 Å². The normalized spacial score (nSPS) is 26.2. The van der Waals surface area contributed by atoms with Crippen LogP contribution in [-0.4, -0.2) is 37.9 Å². The maximum atomic E-state index is 13.4. The number of carbonyl (C=O) groups excluding carboxylic acids is 2. The highest BCUT2D eigenvalue weighted by molar-refractivity contribution is 6.04. The summed E-state index contributed by atoms with van der Waals surface area (Å²) in [5, 5.41) is 3.37. The zero-order valence-electron chi connectivity index (χ0n) is 18.8. The van der Waals surface area contributed by atoms with E-state index in [9.17, 15) is 9.59 Å². The van der Waals surface area contributed by atoms with Crippen LogP contribution in [-0.2, 0) is 19.1 Å². The molecular formula is C25H29NO6. The lowest BCUT2D eigenvalue weighted by Gasteiger charge is -2.39. The molecule has 0 bridgehead atoms. The van der Waals surface area contributed by atoms with Crippen molar-refractivity contribution in [1.82, 2.24) is 5.32 Å². The molecule has 0 radical (unpaired) electrons. The Balaban J connectivity index is 1.54. The quantitative estimate of drug-likeness (QED) is 0.716. The van der Waals surface area contributed by atoms with Crippen LogP contribution >= 0.6 is 0 Å². The Labute approximate surface area is 187 Å². The summed E-state index contributed by atoms with van der Waals surface area (Å²) < 4.78 is 22.3. The van der Waals surface area contributed by atoms with Crippen molar-refractivity contribution in [3.63, 3.8) is 0 Å². The first-order valence-corrected chi connectivity index (χ1v) is 11.2. The van der Waals surface area contributed by atoms with Crippen LogP contribution in [0.3, 0.4) is 0 Å². The molecule has 7 heteroatoms. The van der Waals surface area contributed by atoms with Crippen LogP contribution in [0, 0.1) is 5.41 Å². The predicted molar refractivity (Wildman–Crippen MR) is 116 cm³/mol. The van der Waals surface area contributed by atoms with E-state index in [1.54, 1.807) is 0 Å². The van der Waals surface area contributed by atoms with Crippen molar-refractivity contribution in [2.45, 2.75) is 58.5 Å². The van der Waals surface area contributed by atoms with Gasteiger partial charge in [0.2, 0.25) is 6.79 Å². The first kappa shape index (κ1) is 21.1. The molecule has 1 aromatic rings. The topological polar surface area (TPSA) is 83.1 Å². The van der Waals surface area contributed by atoms with Crippen molar-refractivity contribution in [3.05, 3.63) is 46.3 Å². The van der Waals surface area contributed by atoms with E-state index in [0.29, 0.717) is 41.4 Å². The van der Waals surface area contributed by atoms with Gasteiger partial charge in [-0.05, 0) is 49.3 Å². The molecular weight excluding hydrogens is 410 g/mol. The maximum Gasteiger partial charge on any atom is 0.336 e. The number of ether oxygens (including phenoxy) is 4. The van der Waals surface area contributed by atoms with Gasteiger partial charge in [-0.25, -0.2) is 4.79 Å². The zero-order chi connectivity index (χ0) is 22.5. The minimum Gasteiger partial charge on any atom is -0.459 e. The second-order valence-electron chi connectivity index (χ2n) is 9.78. The number of rotatable bonds is 4. The summed E-state index contributed by atoms with van der Waals surface area (Å²) in [5.41, 5.74) is 3.41. The van der Waals surface area contributed by atoms with Crippen LogP contribution in [0.4, 0.5) is 0 Å². The molecule has 1 fully saturated rings. The molecule has 0 unspecified atom stereocenters. The van der Waals surface area contributed by atoms with Gasteiger partial charge in [0, 0.05) is 35.9 Å². The molecule has 0 aromatic heterocycles. The molecule has 5 rings (SSSR count). The number of nitrogens with one attached hydrogen (secondary N) is 1. The van der Waals surface area contributed by atoms with Crippen molar-refractivity contribution < 1.29 is 28.5 Å². The summed E-state index contributed by atoms with van der Waals surface area (Å²) in [6.07, 6.45) is 2.98. The standard InChI is InChI=1S/C25H29NO6/c1-14-21(24(28)30-12-16-5-4-8-29-16)22(15-6-7-19-20(9-15)32-13-31-19)23-17(26-14)10-25(2,3)11-18(23)27/h6-7,9,16,22,26H,4-5,8,10-13H2,1-3H3/t16-,22-/m0/s1. The molecule has 1 aliphatic carbocycles. The van der Waals surface area contributed by atoms with Crippen LogP contribution in [0.5, 0.6) is 11.5 Å². The van der Waals surface area contributed by atoms with Crippen molar-refractivity contribution in [2.24, 2.45) is 5.41 Å². The number of esters is 1. The summed E-state index contributed by atoms with van der Waals surface area (Å²) >= 11 is 0. The molecule has 0 amide bonds. The van der Waals surface area contributed by atoms with Crippen LogP contribution in [0.1, 0.15) is 57.9 Å². The molecule has 4 aliphatic rings. The molecule has 170 valence electrons. The van der Waals surface area contributed by atoms with E-state index in [0.717, 1.165) is 30.5 Å². The lowest BCUT2D eigenvalue weighted by Crippen LogP contribution is -2.39. The second-order valence-corrected chi connectivity index (χ2v) is 9.78. The minimum absolute atomic E-state index is 0.0587. The van der Waals surface area contributed by atoms with Crippen LogP contribution in [0.15, 0.2) is 40.7 Å². The van der Waals surface area contributed by atoms with Crippen LogP contribution in [0.25, 0.3) is 0 Å². The number of benzene rings is 1. The van der Waals surface area contributed by atoms with Gasteiger partial charge in [-0.15, -0.1) is 0 Å². The van der Waals surface area contributed by atoms with Gasteiger partial charge in [0.1, 0.15) is 6.61 Å². The van der Waals surface area contributed by atoms with Gasteiger partial charge in [-0.1, -0.05) is 19.9 Å². The monoisotopic (exact) mass is 439 g/mol. The zero-order valence-corrected chi connectivity index (χ0v) is 18.8. The Morgan fingerprint density at radius 2 is 2.03 bits per heavy atom.